The zero-order valence-corrected chi connectivity index (χ0v) is 14.2. The van der Waals surface area contributed by atoms with Crippen molar-refractivity contribution in [2.45, 2.75) is 39.3 Å². The average molecular weight is 318 g/mol. The number of nitrogens with zero attached hydrogens (tertiary/aromatic N) is 1. The summed E-state index contributed by atoms with van der Waals surface area (Å²) >= 11 is 0. The van der Waals surface area contributed by atoms with Gasteiger partial charge in [-0.3, -0.25) is 9.59 Å². The number of nitrogens with one attached hydrogen (secondary N) is 1. The van der Waals surface area contributed by atoms with E-state index in [1.807, 2.05) is 37.3 Å². The Morgan fingerprint density at radius 2 is 1.91 bits per heavy atom. The van der Waals surface area contributed by atoms with Crippen LogP contribution in [0.25, 0.3) is 6.08 Å². The predicted molar refractivity (Wildman–Crippen MR) is 91.6 cm³/mol. The van der Waals surface area contributed by atoms with Crippen LogP contribution >= 0.6 is 0 Å². The number of rotatable bonds is 7. The molecule has 23 heavy (non-hydrogen) atoms. The molecule has 0 fully saturated rings. The third-order valence-corrected chi connectivity index (χ3v) is 3.23. The van der Waals surface area contributed by atoms with Crippen molar-refractivity contribution in [1.82, 2.24) is 10.2 Å². The van der Waals surface area contributed by atoms with Crippen LogP contribution in [-0.2, 0) is 9.59 Å². The van der Waals surface area contributed by atoms with Crippen molar-refractivity contribution in [3.63, 3.8) is 0 Å². The zero-order chi connectivity index (χ0) is 17.5. The van der Waals surface area contributed by atoms with Gasteiger partial charge in [-0.2, -0.15) is 0 Å². The summed E-state index contributed by atoms with van der Waals surface area (Å²) in [5, 5.41) is 12.5. The number of benzene rings is 1. The molecule has 1 aromatic rings. The number of amides is 2. The first kappa shape index (κ1) is 18.9. The molecule has 0 radical (unpaired) electrons. The van der Waals surface area contributed by atoms with Gasteiger partial charge in [-0.25, -0.2) is 0 Å². The first-order valence-corrected chi connectivity index (χ1v) is 7.77. The molecule has 0 heterocycles. The summed E-state index contributed by atoms with van der Waals surface area (Å²) in [4.78, 5) is 25.8. The minimum absolute atomic E-state index is 0.212. The van der Waals surface area contributed by atoms with Gasteiger partial charge in [0.05, 0.1) is 5.60 Å². The van der Waals surface area contributed by atoms with Gasteiger partial charge in [-0.1, -0.05) is 30.3 Å². The number of aliphatic hydroxyl groups is 1. The van der Waals surface area contributed by atoms with Crippen LogP contribution in [-0.4, -0.2) is 46.6 Å². The number of carbonyl (C=O) groups is 2. The second-order valence-corrected chi connectivity index (χ2v) is 6.14. The summed E-state index contributed by atoms with van der Waals surface area (Å²) in [5.41, 5.74) is -0.0540. The molecule has 0 spiro atoms. The molecule has 1 atom stereocenters. The standard InChI is InChI=1S/C18H26N2O3/c1-5-20(13-18(3,4)23)17(22)14(2)19-16(21)12-11-15-9-7-6-8-10-15/h6-12,14,23H,5,13H2,1-4H3,(H,19,21)/b12-11+. The van der Waals surface area contributed by atoms with Crippen LogP contribution in [0.15, 0.2) is 36.4 Å². The van der Waals surface area contributed by atoms with Crippen LogP contribution in [0.2, 0.25) is 0 Å². The molecule has 0 bridgehead atoms. The fourth-order valence-electron chi connectivity index (χ4n) is 2.15. The fourth-order valence-corrected chi connectivity index (χ4v) is 2.15. The van der Waals surface area contributed by atoms with E-state index < -0.39 is 11.6 Å². The van der Waals surface area contributed by atoms with Crippen LogP contribution in [0.1, 0.15) is 33.3 Å². The Kier molecular flexibility index (Phi) is 6.97. The lowest BCUT2D eigenvalue weighted by molar-refractivity contribution is -0.137. The van der Waals surface area contributed by atoms with Crippen molar-refractivity contribution in [1.29, 1.82) is 0 Å². The molecule has 0 aliphatic carbocycles. The van der Waals surface area contributed by atoms with Crippen molar-refractivity contribution in [3.8, 4) is 0 Å². The lowest BCUT2D eigenvalue weighted by Gasteiger charge is -2.30. The van der Waals surface area contributed by atoms with Crippen LogP contribution in [0.4, 0.5) is 0 Å². The van der Waals surface area contributed by atoms with Gasteiger partial charge in [-0.05, 0) is 39.3 Å². The maximum absolute atomic E-state index is 12.3. The van der Waals surface area contributed by atoms with E-state index in [1.165, 1.54) is 11.0 Å². The maximum atomic E-state index is 12.3. The summed E-state index contributed by atoms with van der Waals surface area (Å²) in [7, 11) is 0. The summed E-state index contributed by atoms with van der Waals surface area (Å²) in [5.74, 6) is -0.537. The number of likely N-dealkylation sites (N-methyl/N-ethyl adjacent to an activating group) is 1. The molecule has 5 nitrogen and oxygen atoms in total. The minimum Gasteiger partial charge on any atom is -0.389 e. The van der Waals surface area contributed by atoms with E-state index in [2.05, 4.69) is 5.32 Å². The molecule has 0 saturated carbocycles. The molecular weight excluding hydrogens is 292 g/mol. The Morgan fingerprint density at radius 3 is 2.43 bits per heavy atom. The molecule has 0 aliphatic heterocycles. The van der Waals surface area contributed by atoms with Gasteiger partial charge in [0.25, 0.3) is 0 Å². The highest BCUT2D eigenvalue weighted by Gasteiger charge is 2.25. The quantitative estimate of drug-likeness (QED) is 0.754. The van der Waals surface area contributed by atoms with Crippen LogP contribution in [0.3, 0.4) is 0 Å². The van der Waals surface area contributed by atoms with E-state index in [0.29, 0.717) is 6.54 Å². The maximum Gasteiger partial charge on any atom is 0.244 e. The largest absolute Gasteiger partial charge is 0.389 e. The number of carbonyl (C=O) groups excluding carboxylic acids is 2. The normalized spacial score (nSPS) is 12.9. The van der Waals surface area contributed by atoms with Gasteiger partial charge in [0.15, 0.2) is 0 Å². The summed E-state index contributed by atoms with van der Waals surface area (Å²) in [6.45, 7) is 7.48. The molecule has 5 heteroatoms. The second kappa shape index (κ2) is 8.48. The first-order valence-electron chi connectivity index (χ1n) is 7.77. The monoisotopic (exact) mass is 318 g/mol. The Morgan fingerprint density at radius 1 is 1.30 bits per heavy atom. The first-order chi connectivity index (χ1) is 10.7. The van der Waals surface area contributed by atoms with Gasteiger partial charge in [0.1, 0.15) is 6.04 Å². The lowest BCUT2D eigenvalue weighted by Crippen LogP contribution is -2.50. The highest BCUT2D eigenvalue weighted by molar-refractivity contribution is 5.95. The Bertz CT molecular complexity index is 547. The number of hydrogen-bond acceptors (Lipinski definition) is 3. The highest BCUT2D eigenvalue weighted by atomic mass is 16.3. The molecule has 0 saturated heterocycles. The van der Waals surface area contributed by atoms with E-state index >= 15 is 0 Å². The van der Waals surface area contributed by atoms with Gasteiger partial charge in [-0.15, -0.1) is 0 Å². The molecule has 126 valence electrons. The molecule has 2 amide bonds. The molecule has 0 aromatic heterocycles. The van der Waals surface area contributed by atoms with E-state index in [0.717, 1.165) is 5.56 Å². The molecule has 2 N–H and O–H groups in total. The Hall–Kier alpha value is -2.14. The van der Waals surface area contributed by atoms with Crippen LogP contribution in [0, 0.1) is 0 Å². The van der Waals surface area contributed by atoms with Crippen molar-refractivity contribution >= 4 is 17.9 Å². The van der Waals surface area contributed by atoms with Crippen LogP contribution in [0.5, 0.6) is 0 Å². The van der Waals surface area contributed by atoms with Gasteiger partial charge in [0, 0.05) is 19.2 Å². The predicted octanol–water partition coefficient (Wildman–Crippen LogP) is 1.82. The van der Waals surface area contributed by atoms with E-state index in [-0.39, 0.29) is 18.4 Å². The topological polar surface area (TPSA) is 69.6 Å². The van der Waals surface area contributed by atoms with Crippen molar-refractivity contribution < 1.29 is 14.7 Å². The van der Waals surface area contributed by atoms with Gasteiger partial charge >= 0.3 is 0 Å². The molecular formula is C18H26N2O3. The average Bonchev–Trinajstić information content (AvgIpc) is 2.50. The van der Waals surface area contributed by atoms with E-state index in [9.17, 15) is 14.7 Å². The third kappa shape index (κ3) is 7.10. The zero-order valence-electron chi connectivity index (χ0n) is 14.2. The minimum atomic E-state index is -0.970. The summed E-state index contributed by atoms with van der Waals surface area (Å²) < 4.78 is 0. The van der Waals surface area contributed by atoms with Crippen molar-refractivity contribution in [2.75, 3.05) is 13.1 Å². The Balaban J connectivity index is 2.59. The second-order valence-electron chi connectivity index (χ2n) is 6.14. The SMILES string of the molecule is CCN(CC(C)(C)O)C(=O)C(C)NC(=O)/C=C/c1ccccc1. The van der Waals surface area contributed by atoms with E-state index in [1.54, 1.807) is 26.8 Å². The molecule has 1 unspecified atom stereocenters. The van der Waals surface area contributed by atoms with Crippen molar-refractivity contribution in [3.05, 3.63) is 42.0 Å². The fraction of sp³-hybridized carbons (Fsp3) is 0.444. The number of hydrogen-bond donors (Lipinski definition) is 2. The molecule has 1 rings (SSSR count). The van der Waals surface area contributed by atoms with E-state index in [4.69, 9.17) is 0 Å². The molecule has 1 aromatic carbocycles. The Labute approximate surface area is 138 Å². The highest BCUT2D eigenvalue weighted by Crippen LogP contribution is 2.07. The third-order valence-electron chi connectivity index (χ3n) is 3.23. The lowest BCUT2D eigenvalue weighted by atomic mass is 10.1. The smallest absolute Gasteiger partial charge is 0.244 e. The summed E-state index contributed by atoms with van der Waals surface area (Å²) in [6.07, 6.45) is 3.10. The van der Waals surface area contributed by atoms with Crippen molar-refractivity contribution in [2.24, 2.45) is 0 Å². The van der Waals surface area contributed by atoms with Gasteiger partial charge in [0.2, 0.25) is 11.8 Å². The van der Waals surface area contributed by atoms with Crippen LogP contribution < -0.4 is 5.32 Å². The molecule has 0 aliphatic rings. The van der Waals surface area contributed by atoms with Gasteiger partial charge < -0.3 is 15.3 Å². The summed E-state index contributed by atoms with van der Waals surface area (Å²) in [6, 6.07) is 8.81.